The summed E-state index contributed by atoms with van der Waals surface area (Å²) in [5.74, 6) is 0. The highest BCUT2D eigenvalue weighted by Crippen LogP contribution is 2.31. The molecule has 0 heteroatoms. The summed E-state index contributed by atoms with van der Waals surface area (Å²) in [7, 11) is 0. The molecule has 1 rings (SSSR count). The Morgan fingerprint density at radius 1 is 1.05 bits per heavy atom. The SMILES string of the molecule is C=C(C)CCC/C(=C/C)c1c(C)c(C)cc(C)c1C. The van der Waals surface area contributed by atoms with Gasteiger partial charge in [0, 0.05) is 0 Å². The van der Waals surface area contributed by atoms with Crippen molar-refractivity contribution in [3.05, 3.63) is 52.1 Å². The van der Waals surface area contributed by atoms with Crippen LogP contribution in [0.4, 0.5) is 0 Å². The van der Waals surface area contributed by atoms with Crippen molar-refractivity contribution in [1.82, 2.24) is 0 Å². The molecule has 1 aromatic rings. The standard InChI is InChI=1S/C19H28/c1-8-18(11-9-10-13(2)3)19-16(6)14(4)12-15(5)17(19)7/h8,12H,2,9-11H2,1,3-7H3/b18-8-. The summed E-state index contributed by atoms with van der Waals surface area (Å²) < 4.78 is 0. The molecule has 0 atom stereocenters. The number of allylic oxidation sites excluding steroid dienone is 3. The number of benzene rings is 1. The Labute approximate surface area is 119 Å². The first-order chi connectivity index (χ1) is 8.88. The molecule has 0 N–H and O–H groups in total. The summed E-state index contributed by atoms with van der Waals surface area (Å²) in [6.07, 6.45) is 5.75. The van der Waals surface area contributed by atoms with E-state index in [1.807, 2.05) is 0 Å². The van der Waals surface area contributed by atoms with Crippen LogP contribution in [-0.4, -0.2) is 0 Å². The normalized spacial score (nSPS) is 11.8. The van der Waals surface area contributed by atoms with Crippen molar-refractivity contribution in [2.45, 2.75) is 60.8 Å². The molecule has 0 fully saturated rings. The van der Waals surface area contributed by atoms with Crippen LogP contribution >= 0.6 is 0 Å². The molecular weight excluding hydrogens is 228 g/mol. The Morgan fingerprint density at radius 2 is 1.58 bits per heavy atom. The first-order valence-corrected chi connectivity index (χ1v) is 7.25. The molecule has 0 heterocycles. The maximum atomic E-state index is 3.99. The van der Waals surface area contributed by atoms with Gasteiger partial charge in [-0.2, -0.15) is 0 Å². The summed E-state index contributed by atoms with van der Waals surface area (Å²) in [6, 6.07) is 2.30. The van der Waals surface area contributed by atoms with Crippen LogP contribution < -0.4 is 0 Å². The number of hydrogen-bond donors (Lipinski definition) is 0. The van der Waals surface area contributed by atoms with Crippen molar-refractivity contribution < 1.29 is 0 Å². The molecule has 0 bridgehead atoms. The van der Waals surface area contributed by atoms with Gasteiger partial charge in [0.05, 0.1) is 0 Å². The monoisotopic (exact) mass is 256 g/mol. The summed E-state index contributed by atoms with van der Waals surface area (Å²) in [4.78, 5) is 0. The lowest BCUT2D eigenvalue weighted by Crippen LogP contribution is -1.99. The van der Waals surface area contributed by atoms with Crippen LogP contribution in [0.1, 0.15) is 60.9 Å². The number of rotatable bonds is 5. The molecule has 0 unspecified atom stereocenters. The summed E-state index contributed by atoms with van der Waals surface area (Å²) in [6.45, 7) is 17.2. The average molecular weight is 256 g/mol. The molecule has 0 aromatic heterocycles. The van der Waals surface area contributed by atoms with Gasteiger partial charge in [0.25, 0.3) is 0 Å². The molecule has 0 radical (unpaired) electrons. The summed E-state index contributed by atoms with van der Waals surface area (Å²) >= 11 is 0. The third kappa shape index (κ3) is 3.83. The van der Waals surface area contributed by atoms with Gasteiger partial charge >= 0.3 is 0 Å². The molecule has 0 saturated carbocycles. The minimum Gasteiger partial charge on any atom is -0.100 e. The van der Waals surface area contributed by atoms with Crippen LogP contribution in [-0.2, 0) is 0 Å². The molecule has 0 spiro atoms. The highest BCUT2D eigenvalue weighted by molar-refractivity contribution is 5.72. The lowest BCUT2D eigenvalue weighted by atomic mass is 9.87. The van der Waals surface area contributed by atoms with Crippen LogP contribution in [0.15, 0.2) is 24.3 Å². The van der Waals surface area contributed by atoms with Gasteiger partial charge in [-0.05, 0) is 94.2 Å². The predicted octanol–water partition coefficient (Wildman–Crippen LogP) is 6.07. The fourth-order valence-electron chi connectivity index (χ4n) is 2.69. The van der Waals surface area contributed by atoms with Crippen molar-refractivity contribution in [2.24, 2.45) is 0 Å². The lowest BCUT2D eigenvalue weighted by molar-refractivity contribution is 0.843. The lowest BCUT2D eigenvalue weighted by Gasteiger charge is -2.18. The maximum Gasteiger partial charge on any atom is -0.0164 e. The van der Waals surface area contributed by atoms with Crippen molar-refractivity contribution in [1.29, 1.82) is 0 Å². The molecule has 0 saturated heterocycles. The van der Waals surface area contributed by atoms with Gasteiger partial charge in [-0.15, -0.1) is 6.58 Å². The van der Waals surface area contributed by atoms with Crippen LogP contribution in [0, 0.1) is 27.7 Å². The first kappa shape index (κ1) is 15.8. The highest BCUT2D eigenvalue weighted by atomic mass is 14.2. The molecule has 0 amide bonds. The zero-order chi connectivity index (χ0) is 14.6. The second-order valence-corrected chi connectivity index (χ2v) is 5.76. The van der Waals surface area contributed by atoms with Crippen molar-refractivity contribution >= 4 is 5.57 Å². The third-order valence-electron chi connectivity index (χ3n) is 4.09. The van der Waals surface area contributed by atoms with Crippen molar-refractivity contribution in [3.8, 4) is 0 Å². The summed E-state index contributed by atoms with van der Waals surface area (Å²) in [5, 5.41) is 0. The van der Waals surface area contributed by atoms with Gasteiger partial charge < -0.3 is 0 Å². The van der Waals surface area contributed by atoms with Crippen LogP contribution in [0.2, 0.25) is 0 Å². The second-order valence-electron chi connectivity index (χ2n) is 5.76. The van der Waals surface area contributed by atoms with Gasteiger partial charge in [0.2, 0.25) is 0 Å². The van der Waals surface area contributed by atoms with E-state index < -0.39 is 0 Å². The van der Waals surface area contributed by atoms with E-state index in [0.29, 0.717) is 0 Å². The quantitative estimate of drug-likeness (QED) is 0.561. The fourth-order valence-corrected chi connectivity index (χ4v) is 2.69. The molecule has 0 aliphatic heterocycles. The van der Waals surface area contributed by atoms with Crippen molar-refractivity contribution in [3.63, 3.8) is 0 Å². The van der Waals surface area contributed by atoms with E-state index >= 15 is 0 Å². The van der Waals surface area contributed by atoms with E-state index in [4.69, 9.17) is 0 Å². The average Bonchev–Trinajstić information content (AvgIpc) is 2.34. The van der Waals surface area contributed by atoms with Gasteiger partial charge in [-0.25, -0.2) is 0 Å². The van der Waals surface area contributed by atoms with Gasteiger partial charge in [0.1, 0.15) is 0 Å². The Kier molecular flexibility index (Phi) is 5.60. The highest BCUT2D eigenvalue weighted by Gasteiger charge is 2.12. The molecule has 19 heavy (non-hydrogen) atoms. The largest absolute Gasteiger partial charge is 0.100 e. The van der Waals surface area contributed by atoms with Crippen molar-refractivity contribution in [2.75, 3.05) is 0 Å². The van der Waals surface area contributed by atoms with Gasteiger partial charge in [-0.3, -0.25) is 0 Å². The summed E-state index contributed by atoms with van der Waals surface area (Å²) in [5.41, 5.74) is 9.92. The Balaban J connectivity index is 3.09. The van der Waals surface area contributed by atoms with Crippen LogP contribution in [0.5, 0.6) is 0 Å². The predicted molar refractivity (Wildman–Crippen MR) is 87.7 cm³/mol. The van der Waals surface area contributed by atoms with Gasteiger partial charge in [0.15, 0.2) is 0 Å². The van der Waals surface area contributed by atoms with Gasteiger partial charge in [-0.1, -0.05) is 17.7 Å². The fraction of sp³-hybridized carbons (Fsp3) is 0.474. The smallest absolute Gasteiger partial charge is 0.0164 e. The minimum atomic E-state index is 1.13. The zero-order valence-electron chi connectivity index (χ0n) is 13.5. The molecule has 1 aromatic carbocycles. The Bertz CT molecular complexity index is 475. The Hall–Kier alpha value is -1.30. The minimum absolute atomic E-state index is 1.13. The van der Waals surface area contributed by atoms with E-state index in [-0.39, 0.29) is 0 Å². The third-order valence-corrected chi connectivity index (χ3v) is 4.09. The number of aryl methyl sites for hydroxylation is 2. The van der Waals surface area contributed by atoms with E-state index in [0.717, 1.165) is 12.8 Å². The first-order valence-electron chi connectivity index (χ1n) is 7.25. The topological polar surface area (TPSA) is 0 Å². The molecule has 0 aliphatic carbocycles. The maximum absolute atomic E-state index is 3.99. The second kappa shape index (κ2) is 6.75. The van der Waals surface area contributed by atoms with E-state index in [2.05, 4.69) is 60.3 Å². The molecule has 0 aliphatic rings. The van der Waals surface area contributed by atoms with E-state index in [1.165, 1.54) is 45.4 Å². The number of hydrogen-bond acceptors (Lipinski definition) is 0. The zero-order valence-corrected chi connectivity index (χ0v) is 13.5. The van der Waals surface area contributed by atoms with E-state index in [1.54, 1.807) is 0 Å². The van der Waals surface area contributed by atoms with Crippen LogP contribution in [0.25, 0.3) is 5.57 Å². The van der Waals surface area contributed by atoms with Crippen LogP contribution in [0.3, 0.4) is 0 Å². The Morgan fingerprint density at radius 3 is 2.00 bits per heavy atom. The van der Waals surface area contributed by atoms with E-state index in [9.17, 15) is 0 Å². The molecular formula is C19H28. The molecule has 0 nitrogen and oxygen atoms in total. The molecule has 104 valence electrons.